The van der Waals surface area contributed by atoms with Gasteiger partial charge in [-0.1, -0.05) is 0 Å². The molecule has 0 saturated carbocycles. The van der Waals surface area contributed by atoms with Crippen LogP contribution in [-0.2, 0) is 4.79 Å². The number of aliphatic hydroxyl groups is 1. The highest BCUT2D eigenvalue weighted by Gasteiger charge is 2.11. The first-order valence-electron chi connectivity index (χ1n) is 2.87. The molecule has 0 aromatic rings. The van der Waals surface area contributed by atoms with Gasteiger partial charge in [-0.15, -0.1) is 11.8 Å². The second-order valence-electron chi connectivity index (χ2n) is 1.72. The summed E-state index contributed by atoms with van der Waals surface area (Å²) in [7, 11) is 0. The third kappa shape index (κ3) is 4.60. The molecule has 0 aliphatic rings. The van der Waals surface area contributed by atoms with Crippen molar-refractivity contribution >= 4 is 17.7 Å². The van der Waals surface area contributed by atoms with Crippen LogP contribution in [0, 0.1) is 0 Å². The Bertz CT molecular complexity index is 109. The van der Waals surface area contributed by atoms with E-state index in [0.717, 1.165) is 0 Å². The van der Waals surface area contributed by atoms with Crippen LogP contribution in [0.1, 0.15) is 6.42 Å². The predicted octanol–water partition coefficient (Wildman–Crippen LogP) is -0.529. The van der Waals surface area contributed by atoms with Gasteiger partial charge in [-0.05, 0) is 12.2 Å². The number of carbonyl (C=O) groups is 1. The first-order valence-corrected chi connectivity index (χ1v) is 4.02. The van der Waals surface area contributed by atoms with E-state index < -0.39 is 12.1 Å². The summed E-state index contributed by atoms with van der Waals surface area (Å²) >= 11 is 1.41. The van der Waals surface area contributed by atoms with Gasteiger partial charge in [0.25, 0.3) is 0 Å². The standard InChI is InChI=1S/C5H11NO3S/c6-3-10-2-1-4(7)5(8)9/h4,7H,1-3,6H2,(H,8,9). The molecule has 0 amide bonds. The number of hydrogen-bond donors (Lipinski definition) is 3. The molecule has 0 fully saturated rings. The summed E-state index contributed by atoms with van der Waals surface area (Å²) in [5, 5.41) is 16.9. The molecule has 1 unspecified atom stereocenters. The lowest BCUT2D eigenvalue weighted by Gasteiger charge is -2.02. The molecule has 0 saturated heterocycles. The molecule has 0 aromatic heterocycles. The fraction of sp³-hybridized carbons (Fsp3) is 0.800. The van der Waals surface area contributed by atoms with Gasteiger partial charge in [0.1, 0.15) is 0 Å². The summed E-state index contributed by atoms with van der Waals surface area (Å²) in [4.78, 5) is 10.0. The molecular weight excluding hydrogens is 154 g/mol. The molecule has 0 aromatic carbocycles. The lowest BCUT2D eigenvalue weighted by molar-refractivity contribution is -0.146. The van der Waals surface area contributed by atoms with Gasteiger partial charge < -0.3 is 15.9 Å². The smallest absolute Gasteiger partial charge is 0.332 e. The van der Waals surface area contributed by atoms with Gasteiger partial charge in [0, 0.05) is 5.88 Å². The fourth-order valence-electron chi connectivity index (χ4n) is 0.402. The highest BCUT2D eigenvalue weighted by Crippen LogP contribution is 2.01. The van der Waals surface area contributed by atoms with Gasteiger partial charge in [-0.25, -0.2) is 4.79 Å². The second-order valence-corrected chi connectivity index (χ2v) is 2.87. The molecule has 0 radical (unpaired) electrons. The van der Waals surface area contributed by atoms with Crippen molar-refractivity contribution in [3.05, 3.63) is 0 Å². The Morgan fingerprint density at radius 2 is 2.30 bits per heavy atom. The molecule has 0 aliphatic carbocycles. The maximum atomic E-state index is 10.0. The van der Waals surface area contributed by atoms with Crippen molar-refractivity contribution in [2.24, 2.45) is 5.73 Å². The van der Waals surface area contributed by atoms with Gasteiger partial charge in [-0.2, -0.15) is 0 Å². The van der Waals surface area contributed by atoms with Crippen LogP contribution in [-0.4, -0.2) is 33.9 Å². The Morgan fingerprint density at radius 1 is 1.70 bits per heavy atom. The van der Waals surface area contributed by atoms with Crippen LogP contribution in [0.5, 0.6) is 0 Å². The molecule has 4 N–H and O–H groups in total. The van der Waals surface area contributed by atoms with E-state index in [9.17, 15) is 4.79 Å². The van der Waals surface area contributed by atoms with E-state index in [0.29, 0.717) is 11.6 Å². The zero-order valence-corrected chi connectivity index (χ0v) is 6.30. The third-order valence-corrected chi connectivity index (χ3v) is 1.70. The Hall–Kier alpha value is -0.260. The second kappa shape index (κ2) is 5.52. The van der Waals surface area contributed by atoms with Gasteiger partial charge in [0.15, 0.2) is 6.10 Å². The molecule has 4 nitrogen and oxygen atoms in total. The zero-order chi connectivity index (χ0) is 7.98. The first-order chi connectivity index (χ1) is 4.68. The van der Waals surface area contributed by atoms with Crippen LogP contribution in [0.2, 0.25) is 0 Å². The van der Waals surface area contributed by atoms with Crippen LogP contribution in [0.25, 0.3) is 0 Å². The fourth-order valence-corrected chi connectivity index (χ4v) is 0.958. The number of nitrogens with two attached hydrogens (primary N) is 1. The Labute approximate surface area is 63.4 Å². The van der Waals surface area contributed by atoms with Gasteiger partial charge in [0.05, 0.1) is 0 Å². The van der Waals surface area contributed by atoms with Crippen molar-refractivity contribution in [3.63, 3.8) is 0 Å². The number of hydrogen-bond acceptors (Lipinski definition) is 4. The van der Waals surface area contributed by atoms with Crippen molar-refractivity contribution in [3.8, 4) is 0 Å². The summed E-state index contributed by atoms with van der Waals surface area (Å²) in [6.07, 6.45) is -0.976. The number of thioether (sulfide) groups is 1. The highest BCUT2D eigenvalue weighted by atomic mass is 32.2. The van der Waals surface area contributed by atoms with E-state index in [2.05, 4.69) is 0 Å². The van der Waals surface area contributed by atoms with Crippen molar-refractivity contribution in [2.45, 2.75) is 12.5 Å². The number of carboxylic acids is 1. The lowest BCUT2D eigenvalue weighted by atomic mass is 10.3. The van der Waals surface area contributed by atoms with E-state index in [1.54, 1.807) is 0 Å². The van der Waals surface area contributed by atoms with E-state index in [1.807, 2.05) is 0 Å². The molecule has 1 atom stereocenters. The monoisotopic (exact) mass is 165 g/mol. The van der Waals surface area contributed by atoms with Crippen LogP contribution in [0.3, 0.4) is 0 Å². The summed E-state index contributed by atoms with van der Waals surface area (Å²) < 4.78 is 0. The Balaban J connectivity index is 3.21. The van der Waals surface area contributed by atoms with Crippen molar-refractivity contribution in [1.29, 1.82) is 0 Å². The number of rotatable bonds is 5. The minimum Gasteiger partial charge on any atom is -0.479 e. The highest BCUT2D eigenvalue weighted by molar-refractivity contribution is 7.99. The van der Waals surface area contributed by atoms with Crippen LogP contribution in [0.4, 0.5) is 0 Å². The molecule has 0 rings (SSSR count). The summed E-state index contributed by atoms with van der Waals surface area (Å²) in [6, 6.07) is 0. The van der Waals surface area contributed by atoms with Gasteiger partial charge in [0.2, 0.25) is 0 Å². The topological polar surface area (TPSA) is 83.5 Å². The third-order valence-electron chi connectivity index (χ3n) is 0.939. The van der Waals surface area contributed by atoms with Crippen LogP contribution >= 0.6 is 11.8 Å². The molecule has 0 heterocycles. The first kappa shape index (κ1) is 9.74. The van der Waals surface area contributed by atoms with E-state index >= 15 is 0 Å². The van der Waals surface area contributed by atoms with E-state index in [1.165, 1.54) is 11.8 Å². The van der Waals surface area contributed by atoms with E-state index in [-0.39, 0.29) is 6.42 Å². The zero-order valence-electron chi connectivity index (χ0n) is 5.49. The molecule has 5 heteroatoms. The summed E-state index contributed by atoms with van der Waals surface area (Å²) in [5.41, 5.74) is 5.12. The van der Waals surface area contributed by atoms with Crippen molar-refractivity contribution in [2.75, 3.05) is 11.6 Å². The number of carboxylic acid groups (broad SMARTS) is 1. The quantitative estimate of drug-likeness (QED) is 0.377. The normalized spacial score (nSPS) is 13.0. The molecule has 0 spiro atoms. The largest absolute Gasteiger partial charge is 0.479 e. The molecular formula is C5H11NO3S. The average Bonchev–Trinajstić information content (AvgIpc) is 1.88. The van der Waals surface area contributed by atoms with Crippen molar-refractivity contribution < 1.29 is 15.0 Å². The van der Waals surface area contributed by atoms with Crippen LogP contribution in [0.15, 0.2) is 0 Å². The molecule has 0 bridgehead atoms. The average molecular weight is 165 g/mol. The lowest BCUT2D eigenvalue weighted by Crippen LogP contribution is -2.20. The molecule has 60 valence electrons. The van der Waals surface area contributed by atoms with E-state index in [4.69, 9.17) is 15.9 Å². The summed E-state index contributed by atoms with van der Waals surface area (Å²) in [5.74, 6) is -0.117. The maximum absolute atomic E-state index is 10.0. The molecule has 0 aliphatic heterocycles. The number of aliphatic hydroxyl groups excluding tert-OH is 1. The van der Waals surface area contributed by atoms with Gasteiger partial charge in [-0.3, -0.25) is 0 Å². The SMILES string of the molecule is NCSCCC(O)C(=O)O. The van der Waals surface area contributed by atoms with Crippen molar-refractivity contribution in [1.82, 2.24) is 0 Å². The maximum Gasteiger partial charge on any atom is 0.332 e. The summed E-state index contributed by atoms with van der Waals surface area (Å²) in [6.45, 7) is 0. The predicted molar refractivity (Wildman–Crippen MR) is 39.8 cm³/mol. The van der Waals surface area contributed by atoms with Crippen LogP contribution < -0.4 is 5.73 Å². The minimum atomic E-state index is -1.24. The Kier molecular flexibility index (Phi) is 5.38. The Morgan fingerprint density at radius 3 is 2.70 bits per heavy atom. The minimum absolute atomic E-state index is 0.261. The van der Waals surface area contributed by atoms with Gasteiger partial charge >= 0.3 is 5.97 Å². The number of aliphatic carboxylic acids is 1. The molecule has 10 heavy (non-hydrogen) atoms.